The number of halogens is 4. The number of ether oxygens (including phenoxy) is 1. The van der Waals surface area contributed by atoms with E-state index in [1.54, 1.807) is 0 Å². The summed E-state index contributed by atoms with van der Waals surface area (Å²) in [6, 6.07) is 2.53. The molecule has 108 valence electrons. The van der Waals surface area contributed by atoms with Crippen molar-refractivity contribution in [2.24, 2.45) is 5.92 Å². The highest BCUT2D eigenvalue weighted by atomic mass is 79.9. The second kappa shape index (κ2) is 7.11. The molecule has 1 atom stereocenters. The third-order valence-electron chi connectivity index (χ3n) is 2.46. The number of hydrogen-bond donors (Lipinski definition) is 0. The first kappa shape index (κ1) is 17.0. The minimum absolute atomic E-state index is 0.0189. The van der Waals surface area contributed by atoms with Crippen LogP contribution in [0.2, 0.25) is 5.02 Å². The van der Waals surface area contributed by atoms with Crippen LogP contribution in [-0.2, 0) is 9.05 Å². The van der Waals surface area contributed by atoms with Gasteiger partial charge >= 0.3 is 0 Å². The molecule has 0 aromatic heterocycles. The highest BCUT2D eigenvalue weighted by Gasteiger charge is 2.17. The summed E-state index contributed by atoms with van der Waals surface area (Å²) in [4.78, 5) is 0. The van der Waals surface area contributed by atoms with Crippen LogP contribution in [0.1, 0.15) is 13.3 Å². The first-order valence-electron chi connectivity index (χ1n) is 5.42. The van der Waals surface area contributed by atoms with Crippen molar-refractivity contribution in [3.05, 3.63) is 27.4 Å². The van der Waals surface area contributed by atoms with E-state index >= 15 is 0 Å². The molecule has 0 fully saturated rings. The van der Waals surface area contributed by atoms with Gasteiger partial charge in [-0.3, -0.25) is 0 Å². The quantitative estimate of drug-likeness (QED) is 0.536. The third-order valence-corrected chi connectivity index (χ3v) is 4.62. The largest absolute Gasteiger partial charge is 0.492 e. The highest BCUT2D eigenvalue weighted by molar-refractivity contribution is 9.10. The zero-order chi connectivity index (χ0) is 14.6. The minimum atomic E-state index is -3.58. The van der Waals surface area contributed by atoms with Gasteiger partial charge in [-0.25, -0.2) is 12.8 Å². The van der Waals surface area contributed by atoms with Crippen LogP contribution in [0.4, 0.5) is 4.39 Å². The Kier molecular flexibility index (Phi) is 6.36. The van der Waals surface area contributed by atoms with Crippen molar-refractivity contribution >= 4 is 47.3 Å². The molecule has 19 heavy (non-hydrogen) atoms. The molecule has 0 amide bonds. The van der Waals surface area contributed by atoms with Gasteiger partial charge in [0.15, 0.2) is 0 Å². The second-order valence-corrected chi connectivity index (χ2v) is 8.07. The summed E-state index contributed by atoms with van der Waals surface area (Å²) in [7, 11) is 1.62. The molecular formula is C11H12BrCl2FO3S. The van der Waals surface area contributed by atoms with E-state index in [1.807, 2.05) is 6.92 Å². The first-order chi connectivity index (χ1) is 8.73. The number of rotatable bonds is 6. The molecule has 0 saturated carbocycles. The van der Waals surface area contributed by atoms with E-state index in [0.29, 0.717) is 10.9 Å². The molecule has 0 aliphatic carbocycles. The lowest BCUT2D eigenvalue weighted by Gasteiger charge is -2.15. The lowest BCUT2D eigenvalue weighted by molar-refractivity contribution is 0.255. The maximum absolute atomic E-state index is 13.3. The molecule has 0 radical (unpaired) electrons. The molecule has 1 aromatic rings. The topological polar surface area (TPSA) is 43.4 Å². The van der Waals surface area contributed by atoms with Crippen molar-refractivity contribution in [2.75, 3.05) is 12.4 Å². The fraction of sp³-hybridized carbons (Fsp3) is 0.455. The molecule has 1 unspecified atom stereocenters. The van der Waals surface area contributed by atoms with E-state index in [4.69, 9.17) is 27.0 Å². The standard InChI is InChI=1S/C11H12BrCl2FO3S/c1-2-7(6-19(14,16)17)5-18-11-4-10(15)9(13)3-8(11)12/h3-4,7H,2,5-6H2,1H3. The Labute approximate surface area is 129 Å². The molecule has 0 aliphatic heterocycles. The average Bonchev–Trinajstić information content (AvgIpc) is 2.28. The normalized spacial score (nSPS) is 13.3. The molecule has 3 nitrogen and oxygen atoms in total. The molecule has 1 aromatic carbocycles. The van der Waals surface area contributed by atoms with Crippen molar-refractivity contribution < 1.29 is 17.5 Å². The summed E-state index contributed by atoms with van der Waals surface area (Å²) in [6.07, 6.45) is 0.583. The van der Waals surface area contributed by atoms with E-state index in [0.717, 1.165) is 6.07 Å². The fourth-order valence-corrected chi connectivity index (χ4v) is 3.57. The Balaban J connectivity index is 2.73. The van der Waals surface area contributed by atoms with Gasteiger partial charge in [-0.15, -0.1) is 0 Å². The molecular weight excluding hydrogens is 382 g/mol. The summed E-state index contributed by atoms with van der Waals surface area (Å²) in [5, 5.41) is -0.0189. The van der Waals surface area contributed by atoms with Gasteiger partial charge in [-0.05, 0) is 28.4 Å². The van der Waals surface area contributed by atoms with Crippen LogP contribution in [0, 0.1) is 11.7 Å². The average molecular weight is 394 g/mol. The van der Waals surface area contributed by atoms with Gasteiger partial charge in [0.1, 0.15) is 11.6 Å². The molecule has 1 rings (SSSR count). The molecule has 0 saturated heterocycles. The van der Waals surface area contributed by atoms with Crippen molar-refractivity contribution in [1.82, 2.24) is 0 Å². The van der Waals surface area contributed by atoms with Crippen molar-refractivity contribution in [3.63, 3.8) is 0 Å². The van der Waals surface area contributed by atoms with Gasteiger partial charge in [-0.1, -0.05) is 18.5 Å². The highest BCUT2D eigenvalue weighted by Crippen LogP contribution is 2.31. The van der Waals surface area contributed by atoms with Crippen molar-refractivity contribution in [3.8, 4) is 5.75 Å². The smallest absolute Gasteiger partial charge is 0.232 e. The van der Waals surface area contributed by atoms with Gasteiger partial charge < -0.3 is 4.74 Å². The summed E-state index contributed by atoms with van der Waals surface area (Å²) >= 11 is 8.80. The van der Waals surface area contributed by atoms with Gasteiger partial charge in [-0.2, -0.15) is 0 Å². The molecule has 0 N–H and O–H groups in total. The summed E-state index contributed by atoms with van der Waals surface area (Å²) < 4.78 is 41.2. The Morgan fingerprint density at radius 2 is 2.11 bits per heavy atom. The minimum Gasteiger partial charge on any atom is -0.492 e. The van der Waals surface area contributed by atoms with Crippen molar-refractivity contribution in [1.29, 1.82) is 0 Å². The predicted molar refractivity (Wildman–Crippen MR) is 78.0 cm³/mol. The van der Waals surface area contributed by atoms with Crippen molar-refractivity contribution in [2.45, 2.75) is 13.3 Å². The maximum atomic E-state index is 13.3. The summed E-state index contributed by atoms with van der Waals surface area (Å²) in [5.41, 5.74) is 0. The van der Waals surface area contributed by atoms with Gasteiger partial charge in [0.05, 0.1) is 21.9 Å². The third kappa shape index (κ3) is 5.85. The molecule has 0 spiro atoms. The lowest BCUT2D eigenvalue weighted by Crippen LogP contribution is -2.19. The summed E-state index contributed by atoms with van der Waals surface area (Å²) in [5.74, 6) is -0.767. The zero-order valence-electron chi connectivity index (χ0n) is 10.00. The molecule has 8 heteroatoms. The van der Waals surface area contributed by atoms with E-state index in [2.05, 4.69) is 15.9 Å². The van der Waals surface area contributed by atoms with E-state index in [9.17, 15) is 12.8 Å². The van der Waals surface area contributed by atoms with Crippen LogP contribution in [0.15, 0.2) is 16.6 Å². The Morgan fingerprint density at radius 3 is 2.63 bits per heavy atom. The Morgan fingerprint density at radius 1 is 1.47 bits per heavy atom. The van der Waals surface area contributed by atoms with Crippen LogP contribution in [0.5, 0.6) is 5.75 Å². The van der Waals surface area contributed by atoms with Gasteiger partial charge in [0, 0.05) is 22.7 Å². The van der Waals surface area contributed by atoms with Gasteiger partial charge in [0.2, 0.25) is 9.05 Å². The summed E-state index contributed by atoms with van der Waals surface area (Å²) in [6.45, 7) is 1.95. The SMILES string of the molecule is CCC(COc1cc(F)c(Cl)cc1Br)CS(=O)(=O)Cl. The fourth-order valence-electron chi connectivity index (χ4n) is 1.39. The lowest BCUT2D eigenvalue weighted by atomic mass is 10.1. The van der Waals surface area contributed by atoms with Crippen LogP contribution < -0.4 is 4.74 Å². The van der Waals surface area contributed by atoms with E-state index in [-0.39, 0.29) is 29.0 Å². The molecule has 0 bridgehead atoms. The van der Waals surface area contributed by atoms with E-state index < -0.39 is 14.9 Å². The maximum Gasteiger partial charge on any atom is 0.232 e. The van der Waals surface area contributed by atoms with Crippen LogP contribution in [0.3, 0.4) is 0 Å². The zero-order valence-corrected chi connectivity index (χ0v) is 13.9. The second-order valence-electron chi connectivity index (χ2n) is 3.99. The predicted octanol–water partition coefficient (Wildman–Crippen LogP) is 4.22. The van der Waals surface area contributed by atoms with Gasteiger partial charge in [0.25, 0.3) is 0 Å². The molecule has 0 aliphatic rings. The van der Waals surface area contributed by atoms with Crippen LogP contribution >= 0.6 is 38.2 Å². The number of benzene rings is 1. The van der Waals surface area contributed by atoms with Crippen LogP contribution in [-0.4, -0.2) is 20.8 Å². The van der Waals surface area contributed by atoms with E-state index in [1.165, 1.54) is 6.07 Å². The Hall–Kier alpha value is -0.0400. The Bertz CT molecular complexity index is 551. The molecule has 0 heterocycles. The monoisotopic (exact) mass is 392 g/mol. The van der Waals surface area contributed by atoms with Crippen LogP contribution in [0.25, 0.3) is 0 Å². The first-order valence-corrected chi connectivity index (χ1v) is 9.07. The number of hydrogen-bond acceptors (Lipinski definition) is 3.